The average Bonchev–Trinajstić information content (AvgIpc) is 0.916. The molecule has 0 rings (SSSR count). The molecule has 3 N–H and O–H groups in total. The maximum absolute atomic E-state index is 13.1. The molecule has 103 heavy (non-hydrogen) atoms. The predicted molar refractivity (Wildman–Crippen MR) is 423 cm³/mol. The van der Waals surface area contributed by atoms with Crippen molar-refractivity contribution in [1.29, 1.82) is 0 Å². The zero-order valence-electron chi connectivity index (χ0n) is 67.6. The Morgan fingerprint density at radius 1 is 0.262 bits per heavy atom. The quantitative estimate of drug-likeness (QED) is 0.0222. The van der Waals surface area contributed by atoms with E-state index in [0.717, 1.165) is 108 Å². The fourth-order valence-electron chi connectivity index (χ4n) is 13.1. The molecule has 0 heterocycles. The van der Waals surface area contributed by atoms with Crippen LogP contribution < -0.4 is 0 Å². The van der Waals surface area contributed by atoms with E-state index in [0.29, 0.717) is 25.7 Å². The summed E-state index contributed by atoms with van der Waals surface area (Å²) in [6.07, 6.45) is 67.2. The first kappa shape index (κ1) is 101. The molecule has 612 valence electrons. The van der Waals surface area contributed by atoms with E-state index in [1.807, 2.05) is 0 Å². The van der Waals surface area contributed by atoms with Crippen molar-refractivity contribution in [3.8, 4) is 0 Å². The van der Waals surface area contributed by atoms with Gasteiger partial charge in [-0.05, 0) is 37.5 Å². The lowest BCUT2D eigenvalue weighted by Crippen LogP contribution is -2.30. The maximum Gasteiger partial charge on any atom is 0.472 e. The summed E-state index contributed by atoms with van der Waals surface area (Å²) in [5.74, 6) is -0.483. The molecule has 5 atom stereocenters. The van der Waals surface area contributed by atoms with Crippen LogP contribution in [0.2, 0.25) is 0 Å². The molecule has 0 amide bonds. The number of esters is 4. The van der Waals surface area contributed by atoms with Crippen LogP contribution in [-0.4, -0.2) is 96.7 Å². The third-order valence-electron chi connectivity index (χ3n) is 19.7. The van der Waals surface area contributed by atoms with Gasteiger partial charge in [-0.15, -0.1) is 0 Å². The van der Waals surface area contributed by atoms with Crippen molar-refractivity contribution in [2.24, 2.45) is 11.8 Å². The van der Waals surface area contributed by atoms with Gasteiger partial charge in [0.05, 0.1) is 26.4 Å². The van der Waals surface area contributed by atoms with Gasteiger partial charge >= 0.3 is 39.5 Å². The Hall–Kier alpha value is -1.94. The van der Waals surface area contributed by atoms with Crippen molar-refractivity contribution >= 4 is 39.5 Å². The van der Waals surface area contributed by atoms with E-state index in [4.69, 9.17) is 37.0 Å². The number of rotatable bonds is 83. The van der Waals surface area contributed by atoms with Crippen molar-refractivity contribution in [2.45, 2.75) is 464 Å². The van der Waals surface area contributed by atoms with Gasteiger partial charge in [0, 0.05) is 25.7 Å². The minimum absolute atomic E-state index is 0.108. The maximum atomic E-state index is 13.1. The van der Waals surface area contributed by atoms with E-state index in [2.05, 4.69) is 41.5 Å². The Bertz CT molecular complexity index is 1980. The van der Waals surface area contributed by atoms with Crippen LogP contribution in [0.4, 0.5) is 0 Å². The molecule has 0 spiro atoms. The summed E-state index contributed by atoms with van der Waals surface area (Å²) in [5, 5.41) is 10.6. The number of carbonyl (C=O) groups is 4. The molecular formula is C84H164O17P2. The van der Waals surface area contributed by atoms with Crippen molar-refractivity contribution in [3.05, 3.63) is 0 Å². The van der Waals surface area contributed by atoms with Gasteiger partial charge < -0.3 is 33.8 Å². The molecular weight excluding hydrogens is 1340 g/mol. The summed E-state index contributed by atoms with van der Waals surface area (Å²) in [5.41, 5.74) is 0. The zero-order chi connectivity index (χ0) is 75.6. The third kappa shape index (κ3) is 78.0. The van der Waals surface area contributed by atoms with Gasteiger partial charge in [-0.2, -0.15) is 0 Å². The van der Waals surface area contributed by atoms with Gasteiger partial charge in [-0.3, -0.25) is 37.3 Å². The van der Waals surface area contributed by atoms with Crippen LogP contribution in [0.15, 0.2) is 0 Å². The van der Waals surface area contributed by atoms with E-state index in [-0.39, 0.29) is 25.7 Å². The topological polar surface area (TPSA) is 237 Å². The second-order valence-corrected chi connectivity index (χ2v) is 34.1. The highest BCUT2D eigenvalue weighted by Gasteiger charge is 2.30. The fraction of sp³-hybridized carbons (Fsp3) is 0.952. The zero-order valence-corrected chi connectivity index (χ0v) is 69.4. The Morgan fingerprint density at radius 2 is 0.447 bits per heavy atom. The van der Waals surface area contributed by atoms with Crippen LogP contribution in [0, 0.1) is 11.8 Å². The molecule has 19 heteroatoms. The Morgan fingerprint density at radius 3 is 0.660 bits per heavy atom. The van der Waals surface area contributed by atoms with Crippen LogP contribution in [0.3, 0.4) is 0 Å². The summed E-state index contributed by atoms with van der Waals surface area (Å²) >= 11 is 0. The summed E-state index contributed by atoms with van der Waals surface area (Å²) in [6.45, 7) is 9.64. The lowest BCUT2D eigenvalue weighted by molar-refractivity contribution is -0.161. The second-order valence-electron chi connectivity index (χ2n) is 31.2. The van der Waals surface area contributed by atoms with Gasteiger partial charge in [-0.25, -0.2) is 9.13 Å². The Kier molecular flexibility index (Phi) is 74.1. The molecule has 17 nitrogen and oxygen atoms in total. The van der Waals surface area contributed by atoms with Crippen LogP contribution in [-0.2, 0) is 65.4 Å². The van der Waals surface area contributed by atoms with Crippen LogP contribution in [0.1, 0.15) is 446 Å². The Balaban J connectivity index is 5.10. The molecule has 0 saturated heterocycles. The highest BCUT2D eigenvalue weighted by Crippen LogP contribution is 2.45. The van der Waals surface area contributed by atoms with Crippen LogP contribution >= 0.6 is 15.6 Å². The first-order valence-corrected chi connectivity index (χ1v) is 46.5. The van der Waals surface area contributed by atoms with Crippen LogP contribution in [0.5, 0.6) is 0 Å². The molecule has 0 saturated carbocycles. The van der Waals surface area contributed by atoms with Crippen molar-refractivity contribution in [2.75, 3.05) is 39.6 Å². The number of phosphoric acid groups is 2. The standard InChI is InChI=1S/C84H164O17P2/c1-7-9-11-13-14-15-16-17-18-19-23-30-35-40-45-50-56-62-68-83(88)100-79(72-94-81(86)66-60-52-12-10-8-2)74-98-102(90,91)96-70-78(85)71-97-103(92,93)99-75-80(73-95-82(87)67-61-55-49-44-39-34-29-26-25-28-33-38-43-48-54-59-65-77(5)6)101-84(89)69-63-57-51-46-41-36-31-24-21-20-22-27-32-37-42-47-53-58-64-76(3)4/h76-80,85H,7-75H2,1-6H3,(H,90,91)(H,92,93)/t78-,79+,80+/m0/s1. The molecule has 0 aliphatic heterocycles. The molecule has 0 aromatic rings. The largest absolute Gasteiger partial charge is 0.472 e. The predicted octanol–water partition coefficient (Wildman–Crippen LogP) is 25.5. The molecule has 0 aromatic carbocycles. The third-order valence-corrected chi connectivity index (χ3v) is 21.6. The van der Waals surface area contributed by atoms with E-state index in [9.17, 15) is 43.2 Å². The molecule has 0 radical (unpaired) electrons. The van der Waals surface area contributed by atoms with Crippen LogP contribution in [0.25, 0.3) is 0 Å². The molecule has 2 unspecified atom stereocenters. The normalized spacial score (nSPS) is 13.9. The number of carbonyl (C=O) groups excluding carboxylic acids is 4. The van der Waals surface area contributed by atoms with Crippen molar-refractivity contribution < 1.29 is 80.2 Å². The van der Waals surface area contributed by atoms with Gasteiger partial charge in [0.2, 0.25) is 0 Å². The van der Waals surface area contributed by atoms with Gasteiger partial charge in [0.25, 0.3) is 0 Å². The minimum Gasteiger partial charge on any atom is -0.462 e. The smallest absolute Gasteiger partial charge is 0.462 e. The number of aliphatic hydroxyl groups excluding tert-OH is 1. The number of phosphoric ester groups is 2. The second kappa shape index (κ2) is 75.5. The van der Waals surface area contributed by atoms with Gasteiger partial charge in [0.1, 0.15) is 19.3 Å². The van der Waals surface area contributed by atoms with Crippen molar-refractivity contribution in [3.63, 3.8) is 0 Å². The fourth-order valence-corrected chi connectivity index (χ4v) is 14.6. The molecule has 0 fully saturated rings. The number of ether oxygens (including phenoxy) is 4. The summed E-state index contributed by atoms with van der Waals surface area (Å²) in [4.78, 5) is 72.8. The average molecular weight is 1510 g/mol. The Labute approximate surface area is 632 Å². The molecule has 0 aliphatic rings. The van der Waals surface area contributed by atoms with E-state index < -0.39 is 97.5 Å². The number of unbranched alkanes of at least 4 members (excludes halogenated alkanes) is 53. The lowest BCUT2D eigenvalue weighted by atomic mass is 10.0. The summed E-state index contributed by atoms with van der Waals surface area (Å²) < 4.78 is 68.6. The van der Waals surface area contributed by atoms with Gasteiger partial charge in [0.15, 0.2) is 12.2 Å². The first-order chi connectivity index (χ1) is 49.9. The SMILES string of the molecule is CCCCCCCCCCCCCCCCCCCCC(=O)O[C@H](COC(=O)CCCCCCC)COP(=O)(O)OC[C@H](O)COP(=O)(O)OC[C@@H](COC(=O)CCCCCCCCCCCCCCCCCCC(C)C)OC(=O)CCCCCCCCCCCCCCCCCCCCC(C)C. The highest BCUT2D eigenvalue weighted by atomic mass is 31.2. The van der Waals surface area contributed by atoms with E-state index in [1.165, 1.54) is 257 Å². The molecule has 0 aliphatic carbocycles. The van der Waals surface area contributed by atoms with E-state index in [1.54, 1.807) is 0 Å². The molecule has 0 bridgehead atoms. The number of hydrogen-bond acceptors (Lipinski definition) is 15. The lowest BCUT2D eigenvalue weighted by Gasteiger charge is -2.21. The minimum atomic E-state index is -4.96. The molecule has 0 aromatic heterocycles. The summed E-state index contributed by atoms with van der Waals surface area (Å²) in [6, 6.07) is 0. The van der Waals surface area contributed by atoms with Gasteiger partial charge in [-0.1, -0.05) is 395 Å². The number of hydrogen-bond donors (Lipinski definition) is 3. The highest BCUT2D eigenvalue weighted by molar-refractivity contribution is 7.47. The monoisotopic (exact) mass is 1510 g/mol. The van der Waals surface area contributed by atoms with Crippen molar-refractivity contribution in [1.82, 2.24) is 0 Å². The first-order valence-electron chi connectivity index (χ1n) is 43.5. The van der Waals surface area contributed by atoms with E-state index >= 15 is 0 Å². The summed E-state index contributed by atoms with van der Waals surface area (Å²) in [7, 11) is -9.91. The number of aliphatic hydroxyl groups is 1.